The van der Waals surface area contributed by atoms with Crippen molar-refractivity contribution in [3.63, 3.8) is 0 Å². The lowest BCUT2D eigenvalue weighted by atomic mass is 9.85. The molecule has 2 atom stereocenters. The van der Waals surface area contributed by atoms with Crippen LogP contribution in [0.3, 0.4) is 0 Å². The molecule has 0 aromatic heterocycles. The van der Waals surface area contributed by atoms with E-state index in [1.165, 1.54) is 0 Å². The van der Waals surface area contributed by atoms with Gasteiger partial charge in [0.25, 0.3) is 5.91 Å². The van der Waals surface area contributed by atoms with Crippen molar-refractivity contribution in [3.8, 4) is 5.75 Å². The maximum atomic E-state index is 14.9. The number of carbonyl (C=O) groups excluding carboxylic acids is 1. The van der Waals surface area contributed by atoms with Gasteiger partial charge in [-0.15, -0.1) is 0 Å². The highest BCUT2D eigenvalue weighted by Gasteiger charge is 2.34. The molecule has 5 nitrogen and oxygen atoms in total. The van der Waals surface area contributed by atoms with Crippen LogP contribution in [0.1, 0.15) is 65.3 Å². The van der Waals surface area contributed by atoms with Gasteiger partial charge in [-0.1, -0.05) is 60.8 Å². The molecule has 0 aliphatic rings. The molecule has 3 aromatic rings. The molecule has 2 N–H and O–H groups in total. The van der Waals surface area contributed by atoms with E-state index in [4.69, 9.17) is 33.0 Å². The van der Waals surface area contributed by atoms with E-state index in [9.17, 15) is 27.2 Å². The fourth-order valence-corrected chi connectivity index (χ4v) is 4.45. The van der Waals surface area contributed by atoms with Crippen LogP contribution in [0.4, 0.5) is 17.6 Å². The summed E-state index contributed by atoms with van der Waals surface area (Å²) in [4.78, 5) is 23.0. The number of carboxylic acid groups (broad SMARTS) is 1. The van der Waals surface area contributed by atoms with E-state index >= 15 is 0 Å². The molecule has 0 aliphatic carbocycles. The van der Waals surface area contributed by atoms with E-state index in [-0.39, 0.29) is 13.0 Å². The maximum absolute atomic E-state index is 14.9. The van der Waals surface area contributed by atoms with Crippen molar-refractivity contribution in [1.82, 2.24) is 5.32 Å². The molecule has 0 radical (unpaired) electrons. The molecule has 0 saturated heterocycles. The van der Waals surface area contributed by atoms with Gasteiger partial charge in [-0.25, -0.2) is 4.39 Å². The fourth-order valence-electron chi connectivity index (χ4n) is 4.07. The SMILES string of the molecule is CCC[C@H](c1ccc(C(=O)NCCC(=O)O)cc1)[C@@H](Oc1c(F)cc(C(F)(F)F)cc1Cl)c1ccc(Cl)cc1. The molecule has 3 aromatic carbocycles. The number of alkyl halides is 3. The van der Waals surface area contributed by atoms with Gasteiger partial charge in [0, 0.05) is 23.0 Å². The Kier molecular flexibility index (Phi) is 10.2. The topological polar surface area (TPSA) is 75.6 Å². The van der Waals surface area contributed by atoms with Crippen LogP contribution in [0.15, 0.2) is 60.7 Å². The zero-order valence-electron chi connectivity index (χ0n) is 20.7. The molecule has 0 unspecified atom stereocenters. The number of aliphatic carboxylic acids is 1. The Hall–Kier alpha value is -3.30. The van der Waals surface area contributed by atoms with Gasteiger partial charge in [0.1, 0.15) is 6.10 Å². The van der Waals surface area contributed by atoms with Crippen molar-refractivity contribution in [2.45, 2.75) is 44.4 Å². The highest BCUT2D eigenvalue weighted by molar-refractivity contribution is 6.32. The predicted octanol–water partition coefficient (Wildman–Crippen LogP) is 8.06. The summed E-state index contributed by atoms with van der Waals surface area (Å²) in [6.45, 7) is 1.90. The number of amides is 1. The van der Waals surface area contributed by atoms with E-state index in [1.54, 1.807) is 48.5 Å². The molecular formula is C28H25Cl2F4NO4. The standard InChI is InChI=1S/C28H25Cl2F4NO4/c1-2-3-21(16-4-6-18(7-5-16)27(38)35-13-12-24(36)37)25(17-8-10-20(29)11-9-17)39-26-22(30)14-19(15-23(26)31)28(32,33)34/h4-11,14-15,21,25H,2-3,12-13H2,1H3,(H,35,38)(H,36,37)/t21-,25+/m1/s1. The molecule has 0 aliphatic heterocycles. The number of nitrogens with one attached hydrogen (secondary N) is 1. The summed E-state index contributed by atoms with van der Waals surface area (Å²) < 4.78 is 60.4. The third-order valence-electron chi connectivity index (χ3n) is 5.96. The largest absolute Gasteiger partial charge is 0.481 e. The maximum Gasteiger partial charge on any atom is 0.416 e. The van der Waals surface area contributed by atoms with Gasteiger partial charge in [-0.3, -0.25) is 9.59 Å². The summed E-state index contributed by atoms with van der Waals surface area (Å²) in [6, 6.07) is 14.1. The minimum absolute atomic E-state index is 0.0275. The van der Waals surface area contributed by atoms with Gasteiger partial charge in [0.2, 0.25) is 0 Å². The number of halogens is 6. The number of hydrogen-bond donors (Lipinski definition) is 2. The van der Waals surface area contributed by atoms with Crippen LogP contribution >= 0.6 is 23.2 Å². The number of benzene rings is 3. The average Bonchev–Trinajstić information content (AvgIpc) is 2.87. The highest BCUT2D eigenvalue weighted by Crippen LogP contribution is 2.43. The van der Waals surface area contributed by atoms with Crippen LogP contribution in [0.5, 0.6) is 5.75 Å². The Morgan fingerprint density at radius 3 is 2.15 bits per heavy atom. The lowest BCUT2D eigenvalue weighted by molar-refractivity contribution is -0.138. The molecule has 208 valence electrons. The Morgan fingerprint density at radius 1 is 1.00 bits per heavy atom. The Balaban J connectivity index is 1.98. The van der Waals surface area contributed by atoms with Crippen LogP contribution in [0.2, 0.25) is 10.0 Å². The second kappa shape index (κ2) is 13.2. The molecule has 0 heterocycles. The first-order valence-corrected chi connectivity index (χ1v) is 12.7. The third-order valence-corrected chi connectivity index (χ3v) is 6.49. The van der Waals surface area contributed by atoms with Crippen molar-refractivity contribution >= 4 is 35.1 Å². The first-order chi connectivity index (χ1) is 18.4. The van der Waals surface area contributed by atoms with Crippen molar-refractivity contribution in [3.05, 3.63) is 98.8 Å². The van der Waals surface area contributed by atoms with E-state index in [2.05, 4.69) is 5.32 Å². The quantitative estimate of drug-likeness (QED) is 0.223. The first-order valence-electron chi connectivity index (χ1n) is 12.0. The minimum Gasteiger partial charge on any atom is -0.481 e. The van der Waals surface area contributed by atoms with Crippen molar-refractivity contribution in [1.29, 1.82) is 0 Å². The fraction of sp³-hybridized carbons (Fsp3) is 0.286. The van der Waals surface area contributed by atoms with Crippen molar-refractivity contribution < 1.29 is 37.0 Å². The zero-order chi connectivity index (χ0) is 28.7. The van der Waals surface area contributed by atoms with Gasteiger partial charge in [0.05, 0.1) is 17.0 Å². The summed E-state index contributed by atoms with van der Waals surface area (Å²) in [5.41, 5.74) is 0.383. The van der Waals surface area contributed by atoms with Gasteiger partial charge in [-0.05, 0) is 53.9 Å². The molecule has 39 heavy (non-hydrogen) atoms. The van der Waals surface area contributed by atoms with E-state index in [0.29, 0.717) is 41.1 Å². The normalized spacial score (nSPS) is 13.0. The molecule has 0 bridgehead atoms. The molecule has 3 rings (SSSR count). The van der Waals surface area contributed by atoms with Crippen molar-refractivity contribution in [2.24, 2.45) is 0 Å². The number of carbonyl (C=O) groups is 2. The van der Waals surface area contributed by atoms with Crippen LogP contribution in [-0.2, 0) is 11.0 Å². The average molecular weight is 586 g/mol. The molecule has 0 saturated carbocycles. The zero-order valence-corrected chi connectivity index (χ0v) is 22.2. The second-order valence-electron chi connectivity index (χ2n) is 8.77. The highest BCUT2D eigenvalue weighted by atomic mass is 35.5. The third kappa shape index (κ3) is 8.10. The van der Waals surface area contributed by atoms with Gasteiger partial charge >= 0.3 is 12.1 Å². The van der Waals surface area contributed by atoms with Crippen molar-refractivity contribution in [2.75, 3.05) is 6.54 Å². The summed E-state index contributed by atoms with van der Waals surface area (Å²) in [7, 11) is 0. The van der Waals surface area contributed by atoms with E-state index in [0.717, 1.165) is 5.56 Å². The Bertz CT molecular complexity index is 1280. The van der Waals surface area contributed by atoms with E-state index < -0.39 is 52.2 Å². The predicted molar refractivity (Wildman–Crippen MR) is 140 cm³/mol. The number of ether oxygens (including phenoxy) is 1. The Labute approximate surface area is 232 Å². The molecule has 0 fully saturated rings. The van der Waals surface area contributed by atoms with Gasteiger partial charge in [-0.2, -0.15) is 13.2 Å². The lowest BCUT2D eigenvalue weighted by Crippen LogP contribution is -2.26. The van der Waals surface area contributed by atoms with Crippen LogP contribution in [-0.4, -0.2) is 23.5 Å². The molecule has 0 spiro atoms. The summed E-state index contributed by atoms with van der Waals surface area (Å²) >= 11 is 12.1. The summed E-state index contributed by atoms with van der Waals surface area (Å²) in [5.74, 6) is -3.67. The van der Waals surface area contributed by atoms with Gasteiger partial charge in [0.15, 0.2) is 11.6 Å². The second-order valence-corrected chi connectivity index (χ2v) is 9.62. The first kappa shape index (κ1) is 30.2. The van der Waals surface area contributed by atoms with E-state index in [1.807, 2.05) is 6.92 Å². The van der Waals surface area contributed by atoms with Crippen LogP contribution in [0, 0.1) is 5.82 Å². The summed E-state index contributed by atoms with van der Waals surface area (Å²) in [6.07, 6.45) is -4.66. The Morgan fingerprint density at radius 2 is 1.62 bits per heavy atom. The smallest absolute Gasteiger partial charge is 0.416 e. The van der Waals surface area contributed by atoms with Crippen LogP contribution in [0.25, 0.3) is 0 Å². The molecule has 1 amide bonds. The lowest BCUT2D eigenvalue weighted by Gasteiger charge is -2.29. The number of carboxylic acids is 1. The summed E-state index contributed by atoms with van der Waals surface area (Å²) in [5, 5.41) is 11.2. The monoisotopic (exact) mass is 585 g/mol. The van der Waals surface area contributed by atoms with Crippen LogP contribution < -0.4 is 10.1 Å². The number of hydrogen-bond acceptors (Lipinski definition) is 3. The minimum atomic E-state index is -4.79. The van der Waals surface area contributed by atoms with Gasteiger partial charge < -0.3 is 15.2 Å². The molecule has 11 heteroatoms. The molecular weight excluding hydrogens is 561 g/mol. The number of rotatable bonds is 11.